The molecule has 3 aliphatic heterocycles. The first-order valence-electron chi connectivity index (χ1n) is 14.1. The molecule has 0 aliphatic carbocycles. The molecular formula is C30H20B2Cl2F2FeN6O6. The summed E-state index contributed by atoms with van der Waals surface area (Å²) in [5.41, 5.74) is 0.566. The van der Waals surface area contributed by atoms with Crippen LogP contribution in [0.4, 0.5) is 8.63 Å². The molecule has 0 spiro atoms. The summed E-state index contributed by atoms with van der Waals surface area (Å²) in [6.45, 7) is 0. The minimum absolute atomic E-state index is 0. The van der Waals surface area contributed by atoms with E-state index in [1.54, 1.807) is 121 Å². The minimum Gasteiger partial charge on any atom is -0.509 e. The van der Waals surface area contributed by atoms with Gasteiger partial charge in [0.05, 0.1) is 0 Å². The van der Waals surface area contributed by atoms with E-state index in [2.05, 4.69) is 30.9 Å². The molecule has 2 unspecified atom stereocenters. The Balaban J connectivity index is 0.00000468. The van der Waals surface area contributed by atoms with Crippen LogP contribution in [0.15, 0.2) is 152 Å². The van der Waals surface area contributed by atoms with Gasteiger partial charge in [-0.05, 0) is 0 Å². The summed E-state index contributed by atoms with van der Waals surface area (Å²) >= 11 is 12.0. The average molecular weight is 747 g/mol. The van der Waals surface area contributed by atoms with E-state index in [4.69, 9.17) is 51.7 Å². The van der Waals surface area contributed by atoms with Crippen LogP contribution in [-0.4, -0.2) is 47.3 Å². The molecule has 4 aromatic carbocycles. The topological polar surface area (TPSA) is 130 Å². The van der Waals surface area contributed by atoms with E-state index in [0.29, 0.717) is 22.3 Å². The van der Waals surface area contributed by atoms with Crippen LogP contribution >= 0.6 is 23.2 Å². The van der Waals surface area contributed by atoms with Crippen molar-refractivity contribution >= 4 is 70.5 Å². The Bertz CT molecular complexity index is 1690. The van der Waals surface area contributed by atoms with E-state index in [9.17, 15) is 0 Å². The van der Waals surface area contributed by atoms with Crippen LogP contribution in [0.5, 0.6) is 0 Å². The molecule has 0 radical (unpaired) electrons. The summed E-state index contributed by atoms with van der Waals surface area (Å²) in [5, 5.41) is 21.1. The molecule has 2 atom stereocenters. The van der Waals surface area contributed by atoms with Gasteiger partial charge in [0.15, 0.2) is 0 Å². The molecule has 0 saturated carbocycles. The van der Waals surface area contributed by atoms with Crippen molar-refractivity contribution in [1.82, 2.24) is 0 Å². The van der Waals surface area contributed by atoms with Crippen molar-refractivity contribution in [3.63, 3.8) is 0 Å². The predicted octanol–water partition coefficient (Wildman–Crippen LogP) is 6.64. The SMILES string of the molecule is F[B-]12O/N=C(Cl)/C(Cl)=N/O[B-](F)(O/N=C(c3ccccc3)\C(c3ccccc3)=N/O1)O/N=C(c1ccccc1)/C(c1ccccc1)=N/O2.[Fe+2]. The molecule has 49 heavy (non-hydrogen) atoms. The number of halogens is 4. The molecule has 12 nitrogen and oxygen atoms in total. The number of hydrogen-bond donors (Lipinski definition) is 0. The summed E-state index contributed by atoms with van der Waals surface area (Å²) in [7, 11) is -9.19. The molecule has 0 aromatic heterocycles. The Morgan fingerprint density at radius 1 is 0.367 bits per heavy atom. The van der Waals surface area contributed by atoms with Crippen LogP contribution in [0, 0.1) is 0 Å². The molecular weight excluding hydrogens is 727 g/mol. The summed E-state index contributed by atoms with van der Waals surface area (Å²) in [5.74, 6) is 0. The van der Waals surface area contributed by atoms with E-state index in [1.807, 2.05) is 0 Å². The average Bonchev–Trinajstić information content (AvgIpc) is 3.13. The van der Waals surface area contributed by atoms with Crippen molar-refractivity contribution in [1.29, 1.82) is 0 Å². The molecule has 2 bridgehead atoms. The fourth-order valence-corrected chi connectivity index (χ4v) is 4.34. The van der Waals surface area contributed by atoms with Gasteiger partial charge in [-0.25, -0.2) is 0 Å². The van der Waals surface area contributed by atoms with Crippen LogP contribution in [-0.2, 0) is 45.6 Å². The first kappa shape index (κ1) is 35.1. The van der Waals surface area contributed by atoms with Crippen molar-refractivity contribution in [2.24, 2.45) is 30.9 Å². The van der Waals surface area contributed by atoms with Gasteiger partial charge in [0.2, 0.25) is 10.3 Å². The molecule has 4 aromatic rings. The second-order valence-corrected chi connectivity index (χ2v) is 10.4. The number of benzene rings is 4. The molecule has 0 fully saturated rings. The Kier molecular flexibility index (Phi) is 11.3. The fraction of sp³-hybridized carbons (Fsp3) is 0. The Morgan fingerprint density at radius 3 is 0.796 bits per heavy atom. The smallest absolute Gasteiger partial charge is 0.509 e. The van der Waals surface area contributed by atoms with Crippen LogP contribution in [0.1, 0.15) is 22.3 Å². The maximum absolute atomic E-state index is 16.7. The number of fused-ring (bicyclic) bond motifs is 9. The molecule has 248 valence electrons. The molecule has 0 amide bonds. The Hall–Kier alpha value is -5.21. The number of nitrogens with zero attached hydrogens (tertiary/aromatic N) is 6. The molecule has 19 heteroatoms. The third kappa shape index (κ3) is 8.64. The second-order valence-electron chi connectivity index (χ2n) is 9.73. The van der Waals surface area contributed by atoms with Crippen LogP contribution in [0.25, 0.3) is 0 Å². The summed E-state index contributed by atoms with van der Waals surface area (Å²) in [6, 6.07) is 33.0. The molecule has 3 heterocycles. The van der Waals surface area contributed by atoms with Gasteiger partial charge >= 0.3 is 31.1 Å². The zero-order chi connectivity index (χ0) is 33.4. The van der Waals surface area contributed by atoms with Crippen LogP contribution in [0.3, 0.4) is 0 Å². The zero-order valence-electron chi connectivity index (χ0n) is 24.7. The van der Waals surface area contributed by atoms with Crippen molar-refractivity contribution in [3.05, 3.63) is 144 Å². The zero-order valence-corrected chi connectivity index (χ0v) is 27.3. The van der Waals surface area contributed by atoms with Gasteiger partial charge in [-0.2, -0.15) is 0 Å². The maximum atomic E-state index is 16.7. The van der Waals surface area contributed by atoms with E-state index >= 15 is 8.63 Å². The predicted molar refractivity (Wildman–Crippen MR) is 179 cm³/mol. The first-order chi connectivity index (χ1) is 23.3. The fourth-order valence-electron chi connectivity index (χ4n) is 4.19. The summed E-state index contributed by atoms with van der Waals surface area (Å²) < 4.78 is 64.4. The second kappa shape index (κ2) is 15.8. The van der Waals surface area contributed by atoms with Crippen LogP contribution < -0.4 is 0 Å². The Morgan fingerprint density at radius 2 is 0.571 bits per heavy atom. The third-order valence-corrected chi connectivity index (χ3v) is 7.00. The van der Waals surface area contributed by atoms with Gasteiger partial charge in [0.1, 0.15) is 22.8 Å². The first-order valence-corrected chi connectivity index (χ1v) is 14.8. The normalized spacial score (nSPS) is 27.5. The summed E-state index contributed by atoms with van der Waals surface area (Å²) in [6.07, 6.45) is 0. The minimum atomic E-state index is -4.60. The molecule has 3 aliphatic rings. The van der Waals surface area contributed by atoms with Crippen molar-refractivity contribution < 1.29 is 54.2 Å². The van der Waals surface area contributed by atoms with Gasteiger partial charge in [0.25, 0.3) is 0 Å². The third-order valence-electron chi connectivity index (χ3n) is 6.40. The quantitative estimate of drug-likeness (QED) is 0.215. The van der Waals surface area contributed by atoms with E-state index < -0.39 is 24.4 Å². The largest absolute Gasteiger partial charge is 2.00 e. The van der Waals surface area contributed by atoms with Gasteiger partial charge in [-0.1, -0.05) is 145 Å². The van der Waals surface area contributed by atoms with Crippen molar-refractivity contribution in [3.8, 4) is 0 Å². The summed E-state index contributed by atoms with van der Waals surface area (Å²) in [4.78, 5) is 0. The van der Waals surface area contributed by atoms with Gasteiger partial charge < -0.3 is 37.2 Å². The molecule has 7 rings (SSSR count). The monoisotopic (exact) mass is 746 g/mol. The number of hydrogen-bond acceptors (Lipinski definition) is 12. The van der Waals surface area contributed by atoms with Gasteiger partial charge in [0, 0.05) is 22.3 Å². The standard InChI is InChI=1S/C30H20B2Cl2F2N6O6.Fe/c33-29-30(34)42-48-32(36)44-38-26(22-15-7-2-8-16-22)25(21-13-5-1-6-14-21)37-43-31(35,47-41-29)45-39-27(23-17-9-3-10-18-23)28(40-46-32)24-19-11-4-12-20-24;/h1-20H;/q-2;+2/b37-25-,38-26-,39-27+,40-28+,41-29-,42-30-;. The van der Waals surface area contributed by atoms with Crippen molar-refractivity contribution in [2.75, 3.05) is 0 Å². The van der Waals surface area contributed by atoms with Gasteiger partial charge in [-0.15, -0.1) is 30.9 Å². The Labute approximate surface area is 298 Å². The van der Waals surface area contributed by atoms with E-state index in [0.717, 1.165) is 0 Å². The van der Waals surface area contributed by atoms with Crippen LogP contribution in [0.2, 0.25) is 0 Å². The number of rotatable bonds is 4. The van der Waals surface area contributed by atoms with E-state index in [1.165, 1.54) is 0 Å². The maximum Gasteiger partial charge on any atom is 2.00 e. The van der Waals surface area contributed by atoms with E-state index in [-0.39, 0.29) is 39.9 Å². The molecule has 0 N–H and O–H groups in total. The molecule has 0 saturated heterocycles. The van der Waals surface area contributed by atoms with Crippen molar-refractivity contribution in [2.45, 2.75) is 0 Å². The van der Waals surface area contributed by atoms with Gasteiger partial charge in [-0.3, -0.25) is 0 Å². The number of oxime groups is 6.